The van der Waals surface area contributed by atoms with Gasteiger partial charge >= 0.3 is 0 Å². The molecule has 0 unspecified atom stereocenters. The van der Waals surface area contributed by atoms with E-state index in [4.69, 9.17) is 0 Å². The van der Waals surface area contributed by atoms with Crippen LogP contribution in [0.15, 0.2) is 53.9 Å². The molecule has 0 atom stereocenters. The fourth-order valence-electron chi connectivity index (χ4n) is 2.39. The third-order valence-corrected chi connectivity index (χ3v) is 4.99. The molecule has 7 nitrogen and oxygen atoms in total. The van der Waals surface area contributed by atoms with E-state index in [9.17, 15) is 12.8 Å². The molecule has 1 N–H and O–H groups in total. The molecule has 3 rings (SSSR count). The first-order valence-electron chi connectivity index (χ1n) is 7.80. The predicted octanol–water partition coefficient (Wildman–Crippen LogP) is 2.10. The van der Waals surface area contributed by atoms with Crippen LogP contribution in [0.3, 0.4) is 0 Å². The van der Waals surface area contributed by atoms with E-state index in [-0.39, 0.29) is 17.4 Å². The van der Waals surface area contributed by atoms with Crippen molar-refractivity contribution in [2.24, 2.45) is 0 Å². The van der Waals surface area contributed by atoms with Crippen LogP contribution < -0.4 is 4.72 Å². The van der Waals surface area contributed by atoms with Crippen LogP contribution in [0.2, 0.25) is 0 Å². The summed E-state index contributed by atoms with van der Waals surface area (Å²) in [5.41, 5.74) is 1.23. The van der Waals surface area contributed by atoms with Gasteiger partial charge in [0.05, 0.1) is 18.1 Å². The smallest absolute Gasteiger partial charge is 0.253 e. The zero-order valence-electron chi connectivity index (χ0n) is 13.6. The van der Waals surface area contributed by atoms with Crippen molar-refractivity contribution in [3.05, 3.63) is 60.3 Å². The number of halogens is 1. The first-order valence-corrected chi connectivity index (χ1v) is 9.29. The second-order valence-corrected chi connectivity index (χ2v) is 7.20. The number of hydrogen-bond acceptors (Lipinski definition) is 4. The van der Waals surface area contributed by atoms with Crippen molar-refractivity contribution < 1.29 is 12.8 Å². The Morgan fingerprint density at radius 3 is 2.84 bits per heavy atom. The fraction of sp³-hybridized carbons (Fsp3) is 0.250. The van der Waals surface area contributed by atoms with Crippen molar-refractivity contribution in [3.63, 3.8) is 0 Å². The zero-order chi connectivity index (χ0) is 17.9. The van der Waals surface area contributed by atoms with Gasteiger partial charge in [0.15, 0.2) is 5.03 Å². The maximum absolute atomic E-state index is 13.3. The summed E-state index contributed by atoms with van der Waals surface area (Å²) >= 11 is 0. The van der Waals surface area contributed by atoms with Gasteiger partial charge in [0.2, 0.25) is 0 Å². The highest BCUT2D eigenvalue weighted by atomic mass is 32.2. The van der Waals surface area contributed by atoms with Crippen molar-refractivity contribution in [1.29, 1.82) is 0 Å². The van der Waals surface area contributed by atoms with Gasteiger partial charge in [-0.25, -0.2) is 22.2 Å². The fourth-order valence-corrected chi connectivity index (χ4v) is 3.55. The van der Waals surface area contributed by atoms with Gasteiger partial charge in [-0.1, -0.05) is 13.0 Å². The van der Waals surface area contributed by atoms with E-state index in [1.807, 2.05) is 6.92 Å². The Labute approximate surface area is 145 Å². The van der Waals surface area contributed by atoms with Gasteiger partial charge in [0.25, 0.3) is 10.0 Å². The van der Waals surface area contributed by atoms with Gasteiger partial charge in [0, 0.05) is 24.8 Å². The minimum atomic E-state index is -3.68. The van der Waals surface area contributed by atoms with E-state index in [1.54, 1.807) is 18.3 Å². The second-order valence-electron chi connectivity index (χ2n) is 5.49. The van der Waals surface area contributed by atoms with E-state index in [1.165, 1.54) is 40.0 Å². The molecule has 0 saturated heterocycles. The van der Waals surface area contributed by atoms with Crippen LogP contribution in [0.5, 0.6) is 0 Å². The second kappa shape index (κ2) is 7.16. The summed E-state index contributed by atoms with van der Waals surface area (Å²) in [5, 5.41) is 8.29. The summed E-state index contributed by atoms with van der Waals surface area (Å²) in [5.74, 6) is -0.362. The lowest BCUT2D eigenvalue weighted by Crippen LogP contribution is -2.25. The molecule has 0 fully saturated rings. The third kappa shape index (κ3) is 3.94. The molecule has 2 aromatic heterocycles. The average molecular weight is 363 g/mol. The van der Waals surface area contributed by atoms with Crippen LogP contribution in [0.1, 0.15) is 18.9 Å². The number of aryl methyl sites for hydroxylation is 1. The molecule has 0 bridgehead atoms. The van der Waals surface area contributed by atoms with Crippen LogP contribution in [-0.2, 0) is 23.1 Å². The lowest BCUT2D eigenvalue weighted by atomic mass is 10.3. The minimum absolute atomic E-state index is 0.0783. The van der Waals surface area contributed by atoms with E-state index in [0.29, 0.717) is 17.8 Å². The van der Waals surface area contributed by atoms with Crippen LogP contribution in [0.25, 0.3) is 5.69 Å². The van der Waals surface area contributed by atoms with Crippen molar-refractivity contribution in [2.75, 3.05) is 0 Å². The Morgan fingerprint density at radius 1 is 1.24 bits per heavy atom. The lowest BCUT2D eigenvalue weighted by Gasteiger charge is -2.08. The van der Waals surface area contributed by atoms with Crippen molar-refractivity contribution in [1.82, 2.24) is 24.3 Å². The average Bonchev–Trinajstić information content (AvgIpc) is 3.23. The van der Waals surface area contributed by atoms with Gasteiger partial charge in [-0.15, -0.1) is 0 Å². The lowest BCUT2D eigenvalue weighted by molar-refractivity contribution is 0.523. The molecule has 0 saturated carbocycles. The molecule has 25 heavy (non-hydrogen) atoms. The molecular formula is C16H18FN5O2S. The largest absolute Gasteiger partial charge is 0.258 e. The molecule has 0 radical (unpaired) electrons. The van der Waals surface area contributed by atoms with Gasteiger partial charge in [-0.3, -0.25) is 4.68 Å². The normalized spacial score (nSPS) is 11.8. The van der Waals surface area contributed by atoms with Gasteiger partial charge in [0.1, 0.15) is 5.82 Å². The Hall–Kier alpha value is -2.52. The van der Waals surface area contributed by atoms with E-state index in [2.05, 4.69) is 14.9 Å². The van der Waals surface area contributed by atoms with E-state index < -0.39 is 10.0 Å². The Morgan fingerprint density at radius 2 is 2.08 bits per heavy atom. The quantitative estimate of drug-likeness (QED) is 0.697. The van der Waals surface area contributed by atoms with E-state index >= 15 is 0 Å². The number of hydrogen-bond donors (Lipinski definition) is 1. The molecule has 0 amide bonds. The van der Waals surface area contributed by atoms with Gasteiger partial charge < -0.3 is 0 Å². The summed E-state index contributed by atoms with van der Waals surface area (Å²) in [4.78, 5) is 0. The number of nitrogens with one attached hydrogen (secondary N) is 1. The highest BCUT2D eigenvalue weighted by Crippen LogP contribution is 2.12. The van der Waals surface area contributed by atoms with Gasteiger partial charge in [-0.2, -0.15) is 10.2 Å². The third-order valence-electron chi connectivity index (χ3n) is 3.56. The minimum Gasteiger partial charge on any atom is -0.253 e. The van der Waals surface area contributed by atoms with Crippen LogP contribution >= 0.6 is 0 Å². The SMILES string of the molecule is CCCn1nccc1S(=O)(=O)NCc1cnn(-c2cccc(F)c2)c1. The van der Waals surface area contributed by atoms with Gasteiger partial charge in [-0.05, 0) is 30.7 Å². The number of nitrogens with zero attached hydrogens (tertiary/aromatic N) is 4. The number of rotatable bonds is 7. The Balaban J connectivity index is 1.72. The van der Waals surface area contributed by atoms with Crippen LogP contribution in [-0.4, -0.2) is 28.0 Å². The Bertz CT molecular complexity index is 964. The molecule has 132 valence electrons. The summed E-state index contributed by atoms with van der Waals surface area (Å²) in [6, 6.07) is 7.47. The number of sulfonamides is 1. The molecule has 0 aliphatic rings. The van der Waals surface area contributed by atoms with Crippen LogP contribution in [0.4, 0.5) is 4.39 Å². The molecular weight excluding hydrogens is 345 g/mol. The number of aromatic nitrogens is 4. The topological polar surface area (TPSA) is 81.8 Å². The zero-order valence-corrected chi connectivity index (χ0v) is 14.4. The molecule has 1 aromatic carbocycles. The summed E-state index contributed by atoms with van der Waals surface area (Å²) < 4.78 is 43.6. The molecule has 0 spiro atoms. The molecule has 3 aromatic rings. The summed E-state index contributed by atoms with van der Waals surface area (Å²) in [6.07, 6.45) is 5.44. The highest BCUT2D eigenvalue weighted by Gasteiger charge is 2.19. The van der Waals surface area contributed by atoms with Crippen molar-refractivity contribution in [2.45, 2.75) is 31.5 Å². The Kier molecular flexibility index (Phi) is 4.95. The van der Waals surface area contributed by atoms with Crippen molar-refractivity contribution in [3.8, 4) is 5.69 Å². The molecule has 9 heteroatoms. The van der Waals surface area contributed by atoms with Crippen molar-refractivity contribution >= 4 is 10.0 Å². The monoisotopic (exact) mass is 363 g/mol. The van der Waals surface area contributed by atoms with Crippen LogP contribution in [0, 0.1) is 5.82 Å². The summed E-state index contributed by atoms with van der Waals surface area (Å²) in [6.45, 7) is 2.56. The number of benzene rings is 1. The predicted molar refractivity (Wildman–Crippen MR) is 90.1 cm³/mol. The highest BCUT2D eigenvalue weighted by molar-refractivity contribution is 7.89. The molecule has 0 aliphatic carbocycles. The maximum Gasteiger partial charge on any atom is 0.258 e. The maximum atomic E-state index is 13.3. The first-order chi connectivity index (χ1) is 12.0. The van der Waals surface area contributed by atoms with E-state index in [0.717, 1.165) is 6.42 Å². The molecule has 0 aliphatic heterocycles. The molecule has 2 heterocycles. The standard InChI is InChI=1S/C16H18FN5O2S/c1-2-8-21-16(6-7-18-21)25(23,24)20-11-13-10-19-22(12-13)15-5-3-4-14(17)9-15/h3-7,9-10,12,20H,2,8,11H2,1H3. The summed E-state index contributed by atoms with van der Waals surface area (Å²) in [7, 11) is -3.68. The first kappa shape index (κ1) is 17.3.